The monoisotopic (exact) mass is 318 g/mol. The van der Waals surface area contributed by atoms with Gasteiger partial charge in [0.1, 0.15) is 5.52 Å². The Bertz CT molecular complexity index is 806. The van der Waals surface area contributed by atoms with E-state index in [1.54, 1.807) is 39.9 Å². The van der Waals surface area contributed by atoms with Gasteiger partial charge in [0.15, 0.2) is 0 Å². The fraction of sp³-hybridized carbons (Fsp3) is 0.154. The van der Waals surface area contributed by atoms with Crippen LogP contribution in [0.1, 0.15) is 11.3 Å². The molecule has 0 saturated heterocycles. The average molecular weight is 319 g/mol. The minimum atomic E-state index is -0.0527. The summed E-state index contributed by atoms with van der Waals surface area (Å²) in [6, 6.07) is 3.74. The Morgan fingerprint density at radius 1 is 1.26 bits per heavy atom. The fourth-order valence-electron chi connectivity index (χ4n) is 2.01. The highest BCUT2D eigenvalue weighted by Crippen LogP contribution is 2.10. The second-order valence-corrected chi connectivity index (χ2v) is 5.27. The summed E-state index contributed by atoms with van der Waals surface area (Å²) in [6.45, 7) is 2.36. The largest absolute Gasteiger partial charge is 0.308 e. The third-order valence-corrected chi connectivity index (χ3v) is 3.27. The van der Waals surface area contributed by atoms with Crippen LogP contribution in [0.15, 0.2) is 46.2 Å². The van der Waals surface area contributed by atoms with Crippen molar-refractivity contribution >= 4 is 21.4 Å². The fourth-order valence-corrected chi connectivity index (χ4v) is 2.42. The van der Waals surface area contributed by atoms with Gasteiger partial charge in [-0.3, -0.25) is 9.78 Å². The first-order valence-electron chi connectivity index (χ1n) is 5.78. The van der Waals surface area contributed by atoms with E-state index < -0.39 is 0 Å². The number of rotatable bonds is 2. The molecule has 0 aliphatic heterocycles. The lowest BCUT2D eigenvalue weighted by molar-refractivity contribution is 0.739. The Labute approximate surface area is 117 Å². The van der Waals surface area contributed by atoms with E-state index in [0.717, 1.165) is 15.7 Å². The van der Waals surface area contributed by atoms with Crippen LogP contribution in [-0.4, -0.2) is 19.2 Å². The molecule has 0 bridgehead atoms. The Morgan fingerprint density at radius 2 is 2.11 bits per heavy atom. The van der Waals surface area contributed by atoms with Gasteiger partial charge in [0.25, 0.3) is 5.56 Å². The maximum absolute atomic E-state index is 12.3. The molecule has 96 valence electrons. The van der Waals surface area contributed by atoms with Gasteiger partial charge in [-0.05, 0) is 40.5 Å². The molecule has 3 rings (SSSR count). The minimum Gasteiger partial charge on any atom is -0.308 e. The van der Waals surface area contributed by atoms with Crippen molar-refractivity contribution in [3.63, 3.8) is 0 Å². The van der Waals surface area contributed by atoms with E-state index in [4.69, 9.17) is 0 Å². The van der Waals surface area contributed by atoms with Gasteiger partial charge in [0, 0.05) is 29.3 Å². The van der Waals surface area contributed by atoms with Crippen molar-refractivity contribution in [2.24, 2.45) is 0 Å². The van der Waals surface area contributed by atoms with Gasteiger partial charge in [-0.15, -0.1) is 0 Å². The van der Waals surface area contributed by atoms with Crippen LogP contribution < -0.4 is 5.56 Å². The predicted molar refractivity (Wildman–Crippen MR) is 75.2 cm³/mol. The zero-order valence-corrected chi connectivity index (χ0v) is 11.8. The molecule has 0 radical (unpaired) electrons. The van der Waals surface area contributed by atoms with Crippen molar-refractivity contribution in [2.45, 2.75) is 13.5 Å². The van der Waals surface area contributed by atoms with Crippen molar-refractivity contribution in [1.82, 2.24) is 19.2 Å². The molecule has 0 aliphatic carbocycles. The number of nitrogens with zero attached hydrogens (tertiary/aromatic N) is 4. The van der Waals surface area contributed by atoms with Gasteiger partial charge in [-0.1, -0.05) is 0 Å². The highest BCUT2D eigenvalue weighted by atomic mass is 79.9. The first-order valence-corrected chi connectivity index (χ1v) is 6.57. The first kappa shape index (κ1) is 12.1. The summed E-state index contributed by atoms with van der Waals surface area (Å²) in [4.78, 5) is 16.4. The molecule has 3 aromatic heterocycles. The number of halogens is 1. The molecule has 3 aromatic rings. The lowest BCUT2D eigenvalue weighted by Gasteiger charge is -2.06. The lowest BCUT2D eigenvalue weighted by atomic mass is 10.3. The number of pyridine rings is 1. The molecule has 0 amide bonds. The molecule has 0 aliphatic rings. The van der Waals surface area contributed by atoms with Gasteiger partial charge in [0.2, 0.25) is 0 Å². The summed E-state index contributed by atoms with van der Waals surface area (Å²) in [5.41, 5.74) is 2.34. The van der Waals surface area contributed by atoms with Gasteiger partial charge in [-0.2, -0.15) is 5.10 Å². The molecule has 0 spiro atoms. The van der Waals surface area contributed by atoms with E-state index in [0.29, 0.717) is 12.1 Å². The first-order chi connectivity index (χ1) is 9.13. The van der Waals surface area contributed by atoms with Gasteiger partial charge < -0.3 is 4.57 Å². The highest BCUT2D eigenvalue weighted by Gasteiger charge is 2.06. The standard InChI is InChI=1S/C13H11BrN4O/c1-9-4-12-13(19)17(2-3-18(12)16-9)8-10-5-11(14)7-15-6-10/h2-7H,8H2,1H3. The summed E-state index contributed by atoms with van der Waals surface area (Å²) < 4.78 is 4.16. The molecule has 5 nitrogen and oxygen atoms in total. The number of aromatic nitrogens is 4. The normalized spacial score (nSPS) is 11.1. The van der Waals surface area contributed by atoms with Crippen LogP contribution in [0, 0.1) is 6.92 Å². The molecule has 19 heavy (non-hydrogen) atoms. The molecular formula is C13H11BrN4O. The lowest BCUT2D eigenvalue weighted by Crippen LogP contribution is -2.21. The summed E-state index contributed by atoms with van der Waals surface area (Å²) in [5.74, 6) is 0. The van der Waals surface area contributed by atoms with Crippen LogP contribution in [0.5, 0.6) is 0 Å². The molecular weight excluding hydrogens is 308 g/mol. The van der Waals surface area contributed by atoms with Crippen molar-refractivity contribution in [3.05, 3.63) is 63.0 Å². The van der Waals surface area contributed by atoms with E-state index in [1.165, 1.54) is 0 Å². The van der Waals surface area contributed by atoms with Crippen LogP contribution in [-0.2, 0) is 6.54 Å². The van der Waals surface area contributed by atoms with Crippen LogP contribution in [0.4, 0.5) is 0 Å². The van der Waals surface area contributed by atoms with Crippen molar-refractivity contribution in [2.75, 3.05) is 0 Å². The minimum absolute atomic E-state index is 0.0527. The second kappa shape index (κ2) is 4.62. The second-order valence-electron chi connectivity index (χ2n) is 4.36. The topological polar surface area (TPSA) is 52.2 Å². The molecule has 0 fully saturated rings. The molecule has 0 atom stereocenters. The van der Waals surface area contributed by atoms with Crippen LogP contribution in [0.25, 0.3) is 5.52 Å². The third-order valence-electron chi connectivity index (χ3n) is 2.84. The van der Waals surface area contributed by atoms with Crippen LogP contribution in [0.3, 0.4) is 0 Å². The molecule has 0 aromatic carbocycles. The molecule has 0 saturated carbocycles. The summed E-state index contributed by atoms with van der Waals surface area (Å²) >= 11 is 3.37. The number of hydrogen-bond donors (Lipinski definition) is 0. The SMILES string of the molecule is Cc1cc2c(=O)n(Cc3cncc(Br)c3)ccn2n1. The maximum atomic E-state index is 12.3. The predicted octanol–water partition coefficient (Wildman–Crippen LogP) is 2.01. The zero-order valence-electron chi connectivity index (χ0n) is 10.2. The highest BCUT2D eigenvalue weighted by molar-refractivity contribution is 9.10. The van der Waals surface area contributed by atoms with Crippen molar-refractivity contribution in [3.8, 4) is 0 Å². The Hall–Kier alpha value is -1.95. The number of fused-ring (bicyclic) bond motifs is 1. The maximum Gasteiger partial charge on any atom is 0.276 e. The van der Waals surface area contributed by atoms with Gasteiger partial charge >= 0.3 is 0 Å². The molecule has 0 unspecified atom stereocenters. The van der Waals surface area contributed by atoms with Gasteiger partial charge in [0.05, 0.1) is 12.2 Å². The van der Waals surface area contributed by atoms with E-state index in [2.05, 4.69) is 26.0 Å². The molecule has 3 heterocycles. The molecule has 6 heteroatoms. The third kappa shape index (κ3) is 2.31. The van der Waals surface area contributed by atoms with Crippen LogP contribution in [0.2, 0.25) is 0 Å². The average Bonchev–Trinajstić information content (AvgIpc) is 2.75. The number of hydrogen-bond acceptors (Lipinski definition) is 3. The van der Waals surface area contributed by atoms with E-state index in [9.17, 15) is 4.79 Å². The Morgan fingerprint density at radius 3 is 2.89 bits per heavy atom. The van der Waals surface area contributed by atoms with Crippen LogP contribution >= 0.6 is 15.9 Å². The summed E-state index contributed by atoms with van der Waals surface area (Å²) in [7, 11) is 0. The van der Waals surface area contributed by atoms with Crippen molar-refractivity contribution < 1.29 is 0 Å². The smallest absolute Gasteiger partial charge is 0.276 e. The van der Waals surface area contributed by atoms with E-state index >= 15 is 0 Å². The Kier molecular flexibility index (Phi) is 2.94. The van der Waals surface area contributed by atoms with Gasteiger partial charge in [-0.25, -0.2) is 4.52 Å². The quantitative estimate of drug-likeness (QED) is 0.726. The zero-order chi connectivity index (χ0) is 13.4. The summed E-state index contributed by atoms with van der Waals surface area (Å²) in [5, 5.41) is 4.22. The molecule has 0 N–H and O–H groups in total. The van der Waals surface area contributed by atoms with E-state index in [1.807, 2.05) is 13.0 Å². The summed E-state index contributed by atoms with van der Waals surface area (Å²) in [6.07, 6.45) is 7.00. The van der Waals surface area contributed by atoms with E-state index in [-0.39, 0.29) is 5.56 Å². The number of aryl methyl sites for hydroxylation is 1. The van der Waals surface area contributed by atoms with Crippen molar-refractivity contribution in [1.29, 1.82) is 0 Å². The Balaban J connectivity index is 2.06.